The van der Waals surface area contributed by atoms with E-state index in [0.29, 0.717) is 67.5 Å². The van der Waals surface area contributed by atoms with Gasteiger partial charge in [0.2, 0.25) is 10.0 Å². The van der Waals surface area contributed by atoms with Crippen LogP contribution in [-0.2, 0) is 16.6 Å². The zero-order chi connectivity index (χ0) is 28.1. The maximum Gasteiger partial charge on any atom is 0.573 e. The summed E-state index contributed by atoms with van der Waals surface area (Å²) in [4.78, 5) is 14.6. The van der Waals surface area contributed by atoms with Crippen molar-refractivity contribution in [3.05, 3.63) is 58.0 Å². The molecule has 39 heavy (non-hydrogen) atoms. The molecule has 0 radical (unpaired) electrons. The number of piperidine rings is 1. The molecule has 1 saturated carbocycles. The Kier molecular flexibility index (Phi) is 7.27. The number of amides is 1. The predicted molar refractivity (Wildman–Crippen MR) is 136 cm³/mol. The van der Waals surface area contributed by atoms with Crippen LogP contribution in [0.1, 0.15) is 53.3 Å². The summed E-state index contributed by atoms with van der Waals surface area (Å²) in [5.41, 5.74) is 1.29. The number of ether oxygens (including phenoxy) is 1. The standard InChI is InChI=1S/C25H25ClF4N4O4S/c1-14-20-11-21(24(35)32-39(36,37)19-2-3-19)22(27)12-23(20)34(31-14)17-4-6-33(7-5-17)13-15-8-16(26)10-18(9-15)38-25(28,29)30/h8-12,17,19H,2-7,13H2,1H3,(H,32,35). The van der Waals surface area contributed by atoms with Crippen LogP contribution in [0.5, 0.6) is 5.75 Å². The van der Waals surface area contributed by atoms with Gasteiger partial charge in [0, 0.05) is 36.1 Å². The Bertz CT molecular complexity index is 1530. The number of aromatic nitrogens is 2. The number of benzene rings is 2. The van der Waals surface area contributed by atoms with Crippen LogP contribution < -0.4 is 9.46 Å². The number of hydrogen-bond donors (Lipinski definition) is 1. The normalized spacial score (nSPS) is 17.5. The zero-order valence-electron chi connectivity index (χ0n) is 20.8. The summed E-state index contributed by atoms with van der Waals surface area (Å²) in [6.07, 6.45) is -2.58. The number of alkyl halides is 3. The molecule has 8 nitrogen and oxygen atoms in total. The fraction of sp³-hybridized carbons (Fsp3) is 0.440. The van der Waals surface area contributed by atoms with Gasteiger partial charge in [-0.25, -0.2) is 17.5 Å². The molecule has 2 heterocycles. The number of sulfonamides is 1. The van der Waals surface area contributed by atoms with Crippen molar-refractivity contribution in [3.63, 3.8) is 0 Å². The van der Waals surface area contributed by atoms with Gasteiger partial charge in [0.25, 0.3) is 5.91 Å². The average Bonchev–Trinajstić information content (AvgIpc) is 3.63. The molecule has 1 N–H and O–H groups in total. The second kappa shape index (κ2) is 10.3. The number of aryl methyl sites for hydroxylation is 1. The number of nitrogens with zero attached hydrogens (tertiary/aromatic N) is 3. The Morgan fingerprint density at radius 2 is 1.82 bits per heavy atom. The molecule has 1 aliphatic carbocycles. The third-order valence-electron chi connectivity index (χ3n) is 6.90. The molecule has 1 amide bonds. The van der Waals surface area contributed by atoms with Crippen molar-refractivity contribution in [2.45, 2.75) is 56.8 Å². The van der Waals surface area contributed by atoms with E-state index in [1.165, 1.54) is 18.2 Å². The zero-order valence-corrected chi connectivity index (χ0v) is 22.3. The highest BCUT2D eigenvalue weighted by atomic mass is 35.5. The Labute approximate surface area is 226 Å². The molecular formula is C25H25ClF4N4O4S. The Balaban J connectivity index is 1.28. The Hall–Kier alpha value is -2.90. The molecule has 2 aromatic carbocycles. The first-order valence-corrected chi connectivity index (χ1v) is 14.2. The van der Waals surface area contributed by atoms with Crippen LogP contribution in [0.25, 0.3) is 10.9 Å². The summed E-state index contributed by atoms with van der Waals surface area (Å²) in [7, 11) is -3.82. The van der Waals surface area contributed by atoms with Crippen LogP contribution in [0.3, 0.4) is 0 Å². The lowest BCUT2D eigenvalue weighted by molar-refractivity contribution is -0.274. The minimum Gasteiger partial charge on any atom is -0.406 e. The van der Waals surface area contributed by atoms with Gasteiger partial charge in [0.1, 0.15) is 11.6 Å². The fourth-order valence-corrected chi connectivity index (χ4v) is 6.43. The summed E-state index contributed by atoms with van der Waals surface area (Å²) < 4.78 is 84.8. The highest BCUT2D eigenvalue weighted by Gasteiger charge is 2.37. The van der Waals surface area contributed by atoms with Crippen molar-refractivity contribution in [1.29, 1.82) is 0 Å². The number of carbonyl (C=O) groups is 1. The third kappa shape index (κ3) is 6.30. The van der Waals surface area contributed by atoms with Crippen molar-refractivity contribution in [2.24, 2.45) is 0 Å². The van der Waals surface area contributed by atoms with Gasteiger partial charge in [-0.05, 0) is 62.4 Å². The number of hydrogen-bond acceptors (Lipinski definition) is 6. The first-order chi connectivity index (χ1) is 18.3. The van der Waals surface area contributed by atoms with Gasteiger partial charge in [-0.15, -0.1) is 13.2 Å². The summed E-state index contributed by atoms with van der Waals surface area (Å²) in [5, 5.41) is 4.65. The fourth-order valence-electron chi connectivity index (χ4n) is 4.89. The van der Waals surface area contributed by atoms with E-state index < -0.39 is 33.4 Å². The first-order valence-electron chi connectivity index (χ1n) is 12.3. The first kappa shape index (κ1) is 27.7. The number of fused-ring (bicyclic) bond motifs is 1. The van der Waals surface area contributed by atoms with Crippen LogP contribution in [0, 0.1) is 12.7 Å². The molecule has 0 spiro atoms. The maximum absolute atomic E-state index is 15.0. The predicted octanol–water partition coefficient (Wildman–Crippen LogP) is 5.09. The van der Waals surface area contributed by atoms with E-state index in [1.54, 1.807) is 17.7 Å². The van der Waals surface area contributed by atoms with Crippen molar-refractivity contribution in [1.82, 2.24) is 19.4 Å². The largest absolute Gasteiger partial charge is 0.573 e. The molecule has 1 aliphatic heterocycles. The second-order valence-corrected chi connectivity index (χ2v) is 12.3. The molecule has 2 aliphatic rings. The summed E-state index contributed by atoms with van der Waals surface area (Å²) in [6, 6.07) is 6.46. The lowest BCUT2D eigenvalue weighted by Gasteiger charge is -2.32. The number of nitrogens with one attached hydrogen (secondary N) is 1. The highest BCUT2D eigenvalue weighted by molar-refractivity contribution is 7.91. The van der Waals surface area contributed by atoms with Gasteiger partial charge in [-0.1, -0.05) is 11.6 Å². The lowest BCUT2D eigenvalue weighted by atomic mass is 10.0. The van der Waals surface area contributed by atoms with Gasteiger partial charge in [0.15, 0.2) is 0 Å². The number of carbonyl (C=O) groups excluding carboxylic acids is 1. The van der Waals surface area contributed by atoms with Crippen LogP contribution in [0.4, 0.5) is 17.6 Å². The molecule has 1 aromatic heterocycles. The molecule has 3 aromatic rings. The summed E-state index contributed by atoms with van der Waals surface area (Å²) in [5.74, 6) is -2.23. The van der Waals surface area contributed by atoms with E-state index in [2.05, 4.69) is 14.7 Å². The van der Waals surface area contributed by atoms with Crippen molar-refractivity contribution in [2.75, 3.05) is 13.1 Å². The minimum atomic E-state index is -4.82. The van der Waals surface area contributed by atoms with Crippen LogP contribution in [-0.4, -0.2) is 53.7 Å². The summed E-state index contributed by atoms with van der Waals surface area (Å²) in [6.45, 7) is 3.32. The van der Waals surface area contributed by atoms with E-state index in [1.807, 2.05) is 4.72 Å². The van der Waals surface area contributed by atoms with Crippen molar-refractivity contribution >= 4 is 38.4 Å². The minimum absolute atomic E-state index is 0.0738. The molecule has 0 atom stereocenters. The number of likely N-dealkylation sites (tertiary alicyclic amines) is 1. The van der Waals surface area contributed by atoms with E-state index in [9.17, 15) is 30.8 Å². The SMILES string of the molecule is Cc1nn(C2CCN(Cc3cc(Cl)cc(OC(F)(F)F)c3)CC2)c2cc(F)c(C(=O)NS(=O)(=O)C3CC3)cc12. The number of rotatable bonds is 7. The summed E-state index contributed by atoms with van der Waals surface area (Å²) >= 11 is 5.99. The van der Waals surface area contributed by atoms with Crippen molar-refractivity contribution < 1.29 is 35.5 Å². The van der Waals surface area contributed by atoms with Crippen LogP contribution in [0.15, 0.2) is 30.3 Å². The molecular weight excluding hydrogens is 564 g/mol. The smallest absolute Gasteiger partial charge is 0.406 e. The average molecular weight is 589 g/mol. The van der Waals surface area contributed by atoms with Crippen molar-refractivity contribution in [3.8, 4) is 5.75 Å². The topological polar surface area (TPSA) is 93.5 Å². The Morgan fingerprint density at radius 3 is 2.46 bits per heavy atom. The lowest BCUT2D eigenvalue weighted by Crippen LogP contribution is -2.34. The number of halogens is 5. The third-order valence-corrected chi connectivity index (χ3v) is 8.93. The second-order valence-electron chi connectivity index (χ2n) is 9.91. The van der Waals surface area contributed by atoms with Gasteiger partial charge in [0.05, 0.1) is 28.1 Å². The molecule has 2 fully saturated rings. The quantitative estimate of drug-likeness (QED) is 0.386. The van der Waals surface area contributed by atoms with E-state index in [-0.39, 0.29) is 22.4 Å². The van der Waals surface area contributed by atoms with E-state index >= 15 is 0 Å². The monoisotopic (exact) mass is 588 g/mol. The van der Waals surface area contributed by atoms with Gasteiger partial charge >= 0.3 is 6.36 Å². The Morgan fingerprint density at radius 1 is 1.13 bits per heavy atom. The van der Waals surface area contributed by atoms with E-state index in [4.69, 9.17) is 11.6 Å². The maximum atomic E-state index is 15.0. The van der Waals surface area contributed by atoms with Crippen LogP contribution >= 0.6 is 11.6 Å². The molecule has 210 valence electrons. The van der Waals surface area contributed by atoms with E-state index in [0.717, 1.165) is 6.07 Å². The molecule has 5 rings (SSSR count). The van der Waals surface area contributed by atoms with Crippen LogP contribution in [0.2, 0.25) is 5.02 Å². The van der Waals surface area contributed by atoms with Gasteiger partial charge < -0.3 is 4.74 Å². The van der Waals surface area contributed by atoms with Gasteiger partial charge in [-0.3, -0.25) is 14.4 Å². The molecule has 0 unspecified atom stereocenters. The highest BCUT2D eigenvalue weighted by Crippen LogP contribution is 2.32. The molecule has 0 bridgehead atoms. The molecule has 14 heteroatoms. The molecule has 1 saturated heterocycles. The van der Waals surface area contributed by atoms with Gasteiger partial charge in [-0.2, -0.15) is 5.10 Å².